The molecule has 1 aliphatic heterocycles. The topological polar surface area (TPSA) is 48.1 Å². The summed E-state index contributed by atoms with van der Waals surface area (Å²) in [7, 11) is 1.34. The molecule has 0 saturated carbocycles. The van der Waals surface area contributed by atoms with E-state index in [0.29, 0.717) is 18.8 Å². The second kappa shape index (κ2) is 6.15. The average molecular weight is 302 g/mol. The van der Waals surface area contributed by atoms with Crippen LogP contribution < -0.4 is 4.74 Å². The number of methoxy groups -OCH3 is 1. The lowest BCUT2D eigenvalue weighted by molar-refractivity contribution is 0.0601. The molecule has 1 heterocycles. The molecule has 1 unspecified atom stereocenters. The van der Waals surface area contributed by atoms with Crippen molar-refractivity contribution in [1.82, 2.24) is 0 Å². The summed E-state index contributed by atoms with van der Waals surface area (Å²) in [5.41, 5.74) is 2.14. The summed E-state index contributed by atoms with van der Waals surface area (Å²) < 4.78 is 28.9. The first-order chi connectivity index (χ1) is 10.7. The Morgan fingerprint density at radius 3 is 2.55 bits per heavy atom. The summed E-state index contributed by atoms with van der Waals surface area (Å²) in [6, 6.07) is 11.6. The second-order valence-electron chi connectivity index (χ2n) is 4.98. The van der Waals surface area contributed by atoms with Crippen molar-refractivity contribution in [3.8, 4) is 16.9 Å². The Bertz CT molecular complexity index is 678. The van der Waals surface area contributed by atoms with Crippen LogP contribution in [0.3, 0.4) is 0 Å². The van der Waals surface area contributed by atoms with Crippen molar-refractivity contribution in [3.63, 3.8) is 0 Å². The minimum atomic E-state index is -0.407. The number of hydrogen-bond donors (Lipinski definition) is 0. The van der Waals surface area contributed by atoms with Crippen LogP contribution in [0.4, 0.5) is 4.39 Å². The van der Waals surface area contributed by atoms with Crippen LogP contribution in [0.2, 0.25) is 0 Å². The number of ether oxygens (including phenoxy) is 3. The number of benzene rings is 2. The fourth-order valence-corrected chi connectivity index (χ4v) is 2.06. The number of esters is 1. The van der Waals surface area contributed by atoms with Gasteiger partial charge in [-0.05, 0) is 35.4 Å². The van der Waals surface area contributed by atoms with Gasteiger partial charge < -0.3 is 14.2 Å². The zero-order valence-electron chi connectivity index (χ0n) is 12.0. The molecule has 1 aliphatic rings. The Labute approximate surface area is 127 Å². The highest BCUT2D eigenvalue weighted by atomic mass is 19.1. The van der Waals surface area contributed by atoms with Crippen LogP contribution in [-0.2, 0) is 9.47 Å². The molecule has 0 radical (unpaired) electrons. The van der Waals surface area contributed by atoms with E-state index >= 15 is 0 Å². The van der Waals surface area contributed by atoms with E-state index in [-0.39, 0.29) is 17.8 Å². The summed E-state index contributed by atoms with van der Waals surface area (Å²) in [4.78, 5) is 11.4. The molecule has 0 aromatic heterocycles. The standard InChI is InChI=1S/C17H15FO4/c1-20-17(19)12-4-2-11(3-5-12)13-6-7-15(18)16(8-13)22-10-14-9-21-14/h2-8,14H,9-10H2,1H3. The second-order valence-corrected chi connectivity index (χ2v) is 4.98. The van der Waals surface area contributed by atoms with Crippen molar-refractivity contribution < 1.29 is 23.4 Å². The van der Waals surface area contributed by atoms with Gasteiger partial charge in [0.15, 0.2) is 11.6 Å². The van der Waals surface area contributed by atoms with Crippen LogP contribution >= 0.6 is 0 Å². The van der Waals surface area contributed by atoms with Gasteiger partial charge in [-0.25, -0.2) is 9.18 Å². The van der Waals surface area contributed by atoms with Gasteiger partial charge in [-0.15, -0.1) is 0 Å². The highest BCUT2D eigenvalue weighted by Crippen LogP contribution is 2.27. The van der Waals surface area contributed by atoms with Crippen molar-refractivity contribution in [2.45, 2.75) is 6.10 Å². The quantitative estimate of drug-likeness (QED) is 0.629. The molecule has 1 fully saturated rings. The maximum absolute atomic E-state index is 13.7. The SMILES string of the molecule is COC(=O)c1ccc(-c2ccc(F)c(OCC3CO3)c2)cc1. The molecule has 0 bridgehead atoms. The van der Waals surface area contributed by atoms with E-state index in [1.807, 2.05) is 0 Å². The summed E-state index contributed by atoms with van der Waals surface area (Å²) in [6.07, 6.45) is 0.0717. The largest absolute Gasteiger partial charge is 0.488 e. The van der Waals surface area contributed by atoms with Gasteiger partial charge in [0.25, 0.3) is 0 Å². The number of epoxide rings is 1. The van der Waals surface area contributed by atoms with Crippen molar-refractivity contribution >= 4 is 5.97 Å². The van der Waals surface area contributed by atoms with Gasteiger partial charge in [0.2, 0.25) is 0 Å². The van der Waals surface area contributed by atoms with E-state index in [1.54, 1.807) is 36.4 Å². The Morgan fingerprint density at radius 2 is 1.91 bits per heavy atom. The molecular weight excluding hydrogens is 287 g/mol. The number of rotatable bonds is 5. The lowest BCUT2D eigenvalue weighted by Gasteiger charge is -2.09. The van der Waals surface area contributed by atoms with Crippen LogP contribution in [0, 0.1) is 5.82 Å². The van der Waals surface area contributed by atoms with Crippen molar-refractivity contribution in [3.05, 3.63) is 53.8 Å². The number of hydrogen-bond acceptors (Lipinski definition) is 4. The van der Waals surface area contributed by atoms with E-state index in [9.17, 15) is 9.18 Å². The molecule has 1 saturated heterocycles. The van der Waals surface area contributed by atoms with E-state index in [2.05, 4.69) is 4.74 Å². The van der Waals surface area contributed by atoms with Gasteiger partial charge in [-0.3, -0.25) is 0 Å². The maximum Gasteiger partial charge on any atom is 0.337 e. The van der Waals surface area contributed by atoms with Crippen LogP contribution in [0.25, 0.3) is 11.1 Å². The molecule has 2 aromatic rings. The van der Waals surface area contributed by atoms with Gasteiger partial charge in [0.1, 0.15) is 12.7 Å². The number of carbonyl (C=O) groups excluding carboxylic acids is 1. The average Bonchev–Trinajstić information content (AvgIpc) is 3.38. The Kier molecular flexibility index (Phi) is 4.06. The van der Waals surface area contributed by atoms with Gasteiger partial charge >= 0.3 is 5.97 Å². The number of carbonyl (C=O) groups is 1. The highest BCUT2D eigenvalue weighted by Gasteiger charge is 2.23. The molecule has 0 aliphatic carbocycles. The zero-order valence-corrected chi connectivity index (χ0v) is 12.0. The molecule has 0 N–H and O–H groups in total. The van der Waals surface area contributed by atoms with Crippen molar-refractivity contribution in [2.75, 3.05) is 20.3 Å². The highest BCUT2D eigenvalue weighted by molar-refractivity contribution is 5.90. The van der Waals surface area contributed by atoms with Crippen LogP contribution in [0.1, 0.15) is 10.4 Å². The third-order valence-electron chi connectivity index (χ3n) is 3.40. The lowest BCUT2D eigenvalue weighted by Crippen LogP contribution is -2.05. The van der Waals surface area contributed by atoms with Gasteiger partial charge in [-0.1, -0.05) is 18.2 Å². The number of halogens is 1. The first-order valence-corrected chi connectivity index (χ1v) is 6.90. The molecule has 114 valence electrons. The van der Waals surface area contributed by atoms with Gasteiger partial charge in [0.05, 0.1) is 19.3 Å². The van der Waals surface area contributed by atoms with Gasteiger partial charge in [0, 0.05) is 0 Å². The van der Waals surface area contributed by atoms with E-state index in [4.69, 9.17) is 9.47 Å². The van der Waals surface area contributed by atoms with Gasteiger partial charge in [-0.2, -0.15) is 0 Å². The Balaban J connectivity index is 1.81. The zero-order chi connectivity index (χ0) is 15.5. The monoisotopic (exact) mass is 302 g/mol. The van der Waals surface area contributed by atoms with E-state index < -0.39 is 5.82 Å². The first kappa shape index (κ1) is 14.5. The maximum atomic E-state index is 13.7. The molecule has 22 heavy (non-hydrogen) atoms. The minimum Gasteiger partial charge on any atom is -0.488 e. The molecule has 0 amide bonds. The fourth-order valence-electron chi connectivity index (χ4n) is 2.06. The third-order valence-corrected chi connectivity index (χ3v) is 3.40. The molecule has 1 atom stereocenters. The first-order valence-electron chi connectivity index (χ1n) is 6.90. The minimum absolute atomic E-state index is 0.0717. The van der Waals surface area contributed by atoms with E-state index in [0.717, 1.165) is 11.1 Å². The van der Waals surface area contributed by atoms with Crippen molar-refractivity contribution in [1.29, 1.82) is 0 Å². The van der Waals surface area contributed by atoms with Crippen LogP contribution in [0.15, 0.2) is 42.5 Å². The smallest absolute Gasteiger partial charge is 0.337 e. The predicted octanol–water partition coefficient (Wildman–Crippen LogP) is 3.06. The lowest BCUT2D eigenvalue weighted by atomic mass is 10.0. The Hall–Kier alpha value is -2.40. The molecule has 5 heteroatoms. The summed E-state index contributed by atoms with van der Waals surface area (Å²) in [6.45, 7) is 1.01. The predicted molar refractivity (Wildman–Crippen MR) is 78.4 cm³/mol. The molecule has 2 aromatic carbocycles. The van der Waals surface area contributed by atoms with Crippen LogP contribution in [-0.4, -0.2) is 32.4 Å². The molecular formula is C17H15FO4. The summed E-state index contributed by atoms with van der Waals surface area (Å²) >= 11 is 0. The normalized spacial score (nSPS) is 16.2. The Morgan fingerprint density at radius 1 is 1.23 bits per heavy atom. The molecule has 0 spiro atoms. The van der Waals surface area contributed by atoms with E-state index in [1.165, 1.54) is 13.2 Å². The molecule has 4 nitrogen and oxygen atoms in total. The third kappa shape index (κ3) is 3.26. The summed E-state index contributed by atoms with van der Waals surface area (Å²) in [5, 5.41) is 0. The molecule has 3 rings (SSSR count). The fraction of sp³-hybridized carbons (Fsp3) is 0.235. The summed E-state index contributed by atoms with van der Waals surface area (Å²) in [5.74, 6) is -0.597. The van der Waals surface area contributed by atoms with Crippen LogP contribution in [0.5, 0.6) is 5.75 Å². The van der Waals surface area contributed by atoms with Crippen molar-refractivity contribution in [2.24, 2.45) is 0 Å².